The van der Waals surface area contributed by atoms with Crippen molar-refractivity contribution in [1.82, 2.24) is 19.7 Å². The highest BCUT2D eigenvalue weighted by Gasteiger charge is 2.20. The topological polar surface area (TPSA) is 63.6 Å². The minimum Gasteiger partial charge on any atom is -0.311 e. The molecule has 3 aromatic rings. The molecular formula is C18H20N4O. The number of hydrogen-bond acceptors (Lipinski definition) is 3. The maximum Gasteiger partial charge on any atom is 0.253 e. The lowest BCUT2D eigenvalue weighted by atomic mass is 9.84. The second-order valence-electron chi connectivity index (χ2n) is 6.04. The van der Waals surface area contributed by atoms with Crippen LogP contribution in [-0.4, -0.2) is 19.7 Å². The minimum atomic E-state index is -0.173. The Hall–Kier alpha value is -2.69. The molecule has 0 spiro atoms. The molecule has 1 unspecified atom stereocenters. The van der Waals surface area contributed by atoms with Crippen LogP contribution in [0.25, 0.3) is 5.82 Å². The Bertz CT molecular complexity index is 849. The Labute approximate surface area is 135 Å². The summed E-state index contributed by atoms with van der Waals surface area (Å²) >= 11 is 0. The van der Waals surface area contributed by atoms with Gasteiger partial charge in [-0.2, -0.15) is 5.10 Å². The molecular weight excluding hydrogens is 288 g/mol. The largest absolute Gasteiger partial charge is 0.311 e. The van der Waals surface area contributed by atoms with Gasteiger partial charge in [0.05, 0.1) is 6.20 Å². The zero-order chi connectivity index (χ0) is 16.4. The molecule has 1 N–H and O–H groups in total. The van der Waals surface area contributed by atoms with Gasteiger partial charge in [0.1, 0.15) is 5.82 Å². The van der Waals surface area contributed by atoms with Crippen molar-refractivity contribution in [3.63, 3.8) is 0 Å². The van der Waals surface area contributed by atoms with E-state index in [2.05, 4.69) is 53.2 Å². The second-order valence-corrected chi connectivity index (χ2v) is 6.04. The zero-order valence-corrected chi connectivity index (χ0v) is 13.5. The van der Waals surface area contributed by atoms with Crippen LogP contribution in [0, 0.1) is 12.8 Å². The molecule has 0 aliphatic heterocycles. The van der Waals surface area contributed by atoms with Crippen molar-refractivity contribution in [3.8, 4) is 5.82 Å². The molecule has 1 aromatic carbocycles. The first-order chi connectivity index (χ1) is 11.0. The van der Waals surface area contributed by atoms with E-state index in [-0.39, 0.29) is 11.5 Å². The van der Waals surface area contributed by atoms with Crippen LogP contribution in [0.3, 0.4) is 0 Å². The molecule has 0 saturated carbocycles. The second kappa shape index (κ2) is 6.20. The fourth-order valence-electron chi connectivity index (χ4n) is 2.93. The van der Waals surface area contributed by atoms with E-state index < -0.39 is 0 Å². The fourth-order valence-corrected chi connectivity index (χ4v) is 2.93. The van der Waals surface area contributed by atoms with Crippen LogP contribution in [0.5, 0.6) is 0 Å². The summed E-state index contributed by atoms with van der Waals surface area (Å²) in [5.74, 6) is 1.80. The van der Waals surface area contributed by atoms with E-state index in [1.807, 2.05) is 18.5 Å². The van der Waals surface area contributed by atoms with E-state index in [9.17, 15) is 4.79 Å². The van der Waals surface area contributed by atoms with Crippen molar-refractivity contribution in [2.24, 2.45) is 5.92 Å². The van der Waals surface area contributed by atoms with Crippen LogP contribution in [0.4, 0.5) is 0 Å². The van der Waals surface area contributed by atoms with Crippen LogP contribution in [-0.2, 0) is 0 Å². The number of hydrogen-bond donors (Lipinski definition) is 1. The van der Waals surface area contributed by atoms with E-state index in [0.29, 0.717) is 17.6 Å². The summed E-state index contributed by atoms with van der Waals surface area (Å²) in [7, 11) is 0. The molecule has 1 atom stereocenters. The lowest BCUT2D eigenvalue weighted by Gasteiger charge is -2.19. The minimum absolute atomic E-state index is 0.173. The predicted molar refractivity (Wildman–Crippen MR) is 89.8 cm³/mol. The molecule has 0 radical (unpaired) electrons. The third-order valence-corrected chi connectivity index (χ3v) is 3.87. The standard InChI is InChI=1S/C18H20N4O/c1-12(2)18(14-7-5-4-6-8-14)15-10-19-22(11-15)16-9-17(23)21-13(3)20-16/h4-12,18H,1-3H3,(H,20,21,23). The molecule has 0 fully saturated rings. The highest BCUT2D eigenvalue weighted by atomic mass is 16.1. The van der Waals surface area contributed by atoms with Gasteiger partial charge in [-0.05, 0) is 24.0 Å². The summed E-state index contributed by atoms with van der Waals surface area (Å²) < 4.78 is 1.66. The Kier molecular flexibility index (Phi) is 4.10. The molecule has 0 amide bonds. The predicted octanol–water partition coefficient (Wildman–Crippen LogP) is 3.05. The fraction of sp³-hybridized carbons (Fsp3) is 0.278. The molecule has 2 heterocycles. The van der Waals surface area contributed by atoms with Crippen molar-refractivity contribution in [1.29, 1.82) is 0 Å². The van der Waals surface area contributed by atoms with Crippen molar-refractivity contribution in [2.75, 3.05) is 0 Å². The van der Waals surface area contributed by atoms with Gasteiger partial charge < -0.3 is 4.98 Å². The Morgan fingerprint density at radius 2 is 1.87 bits per heavy atom. The molecule has 3 rings (SSSR count). The molecule has 0 aliphatic carbocycles. The van der Waals surface area contributed by atoms with Crippen LogP contribution >= 0.6 is 0 Å². The molecule has 118 valence electrons. The monoisotopic (exact) mass is 308 g/mol. The lowest BCUT2D eigenvalue weighted by molar-refractivity contribution is 0.563. The van der Waals surface area contributed by atoms with Crippen molar-refractivity contribution in [3.05, 3.63) is 76.1 Å². The van der Waals surface area contributed by atoms with Gasteiger partial charge in [0.15, 0.2) is 5.82 Å². The Morgan fingerprint density at radius 3 is 2.52 bits per heavy atom. The van der Waals surface area contributed by atoms with Gasteiger partial charge in [-0.25, -0.2) is 9.67 Å². The van der Waals surface area contributed by atoms with Gasteiger partial charge in [-0.3, -0.25) is 4.79 Å². The lowest BCUT2D eigenvalue weighted by Crippen LogP contribution is -2.12. The van der Waals surface area contributed by atoms with E-state index in [4.69, 9.17) is 0 Å². The highest BCUT2D eigenvalue weighted by molar-refractivity contribution is 5.32. The van der Waals surface area contributed by atoms with Crippen molar-refractivity contribution in [2.45, 2.75) is 26.7 Å². The molecule has 23 heavy (non-hydrogen) atoms. The number of rotatable bonds is 4. The number of aromatic nitrogens is 4. The SMILES string of the molecule is Cc1nc(-n2cc(C(c3ccccc3)C(C)C)cn2)cc(=O)[nH]1. The van der Waals surface area contributed by atoms with E-state index >= 15 is 0 Å². The van der Waals surface area contributed by atoms with Gasteiger partial charge in [0.2, 0.25) is 0 Å². The summed E-state index contributed by atoms with van der Waals surface area (Å²) in [6, 6.07) is 11.9. The number of aromatic amines is 1. The van der Waals surface area contributed by atoms with E-state index in [1.54, 1.807) is 11.6 Å². The van der Waals surface area contributed by atoms with E-state index in [1.165, 1.54) is 11.6 Å². The van der Waals surface area contributed by atoms with Gasteiger partial charge in [-0.15, -0.1) is 0 Å². The summed E-state index contributed by atoms with van der Waals surface area (Å²) in [5.41, 5.74) is 2.20. The normalized spacial score (nSPS) is 12.5. The smallest absolute Gasteiger partial charge is 0.253 e. The van der Waals surface area contributed by atoms with Crippen LogP contribution < -0.4 is 5.56 Å². The molecule has 2 aromatic heterocycles. The van der Waals surface area contributed by atoms with Crippen LogP contribution in [0.15, 0.2) is 53.6 Å². The molecule has 5 nitrogen and oxygen atoms in total. The first kappa shape index (κ1) is 15.2. The Balaban J connectivity index is 2.01. The average Bonchev–Trinajstić information content (AvgIpc) is 2.96. The maximum atomic E-state index is 11.6. The van der Waals surface area contributed by atoms with Gasteiger partial charge in [0.25, 0.3) is 5.56 Å². The quantitative estimate of drug-likeness (QED) is 0.805. The molecule has 0 bridgehead atoms. The van der Waals surface area contributed by atoms with Crippen molar-refractivity contribution >= 4 is 0 Å². The van der Waals surface area contributed by atoms with Crippen LogP contribution in [0.2, 0.25) is 0 Å². The summed E-state index contributed by atoms with van der Waals surface area (Å²) in [4.78, 5) is 18.6. The van der Waals surface area contributed by atoms with Gasteiger partial charge >= 0.3 is 0 Å². The summed E-state index contributed by atoms with van der Waals surface area (Å²) in [6.07, 6.45) is 3.81. The number of aryl methyl sites for hydroxylation is 1. The maximum absolute atomic E-state index is 11.6. The average molecular weight is 308 g/mol. The third kappa shape index (κ3) is 3.23. The van der Waals surface area contributed by atoms with Crippen molar-refractivity contribution < 1.29 is 0 Å². The number of nitrogens with zero attached hydrogens (tertiary/aromatic N) is 3. The molecule has 0 saturated heterocycles. The van der Waals surface area contributed by atoms with Crippen LogP contribution in [0.1, 0.15) is 36.7 Å². The zero-order valence-electron chi connectivity index (χ0n) is 13.5. The summed E-state index contributed by atoms with van der Waals surface area (Å²) in [5, 5.41) is 4.40. The Morgan fingerprint density at radius 1 is 1.13 bits per heavy atom. The number of benzene rings is 1. The number of nitrogens with one attached hydrogen (secondary N) is 1. The molecule has 5 heteroatoms. The van der Waals surface area contributed by atoms with Gasteiger partial charge in [-0.1, -0.05) is 44.2 Å². The first-order valence-electron chi connectivity index (χ1n) is 7.72. The third-order valence-electron chi connectivity index (χ3n) is 3.87. The van der Waals surface area contributed by atoms with Gasteiger partial charge in [0, 0.05) is 18.2 Å². The van der Waals surface area contributed by atoms with E-state index in [0.717, 1.165) is 5.56 Å². The first-order valence-corrected chi connectivity index (χ1v) is 7.72. The molecule has 0 aliphatic rings. The summed E-state index contributed by atoms with van der Waals surface area (Å²) in [6.45, 7) is 6.16. The number of H-pyrrole nitrogens is 1. The highest BCUT2D eigenvalue weighted by Crippen LogP contribution is 2.31.